The number of rotatable bonds is 6. The molecule has 0 bridgehead atoms. The van der Waals surface area contributed by atoms with Crippen LogP contribution in [0.25, 0.3) is 11.3 Å². The molecule has 0 atom stereocenters. The molecule has 0 aliphatic heterocycles. The van der Waals surface area contributed by atoms with Crippen LogP contribution < -0.4 is 9.47 Å². The molecule has 0 radical (unpaired) electrons. The minimum absolute atomic E-state index is 0.0279. The van der Waals surface area contributed by atoms with Gasteiger partial charge in [0.15, 0.2) is 5.75 Å². The maximum Gasteiger partial charge on any atom is 0.416 e. The van der Waals surface area contributed by atoms with Crippen molar-refractivity contribution in [3.8, 4) is 22.8 Å². The van der Waals surface area contributed by atoms with Crippen LogP contribution in [0.1, 0.15) is 37.8 Å². The van der Waals surface area contributed by atoms with Crippen LogP contribution in [0.4, 0.5) is 13.2 Å². The Morgan fingerprint density at radius 2 is 1.81 bits per heavy atom. The Kier molecular flexibility index (Phi) is 6.39. The van der Waals surface area contributed by atoms with Crippen molar-refractivity contribution >= 4 is 11.6 Å². The second-order valence-electron chi connectivity index (χ2n) is 5.88. The van der Waals surface area contributed by atoms with Crippen molar-refractivity contribution in [2.24, 2.45) is 0 Å². The molecule has 0 saturated carbocycles. The van der Waals surface area contributed by atoms with E-state index < -0.39 is 11.7 Å². The van der Waals surface area contributed by atoms with Gasteiger partial charge < -0.3 is 9.47 Å². The smallest absolute Gasteiger partial charge is 0.416 e. The first-order chi connectivity index (χ1) is 12.2. The number of nitrogens with zero attached hydrogens (tertiary/aromatic N) is 1. The summed E-state index contributed by atoms with van der Waals surface area (Å²) in [5.41, 5.74) is 0.732. The first-order valence-electron chi connectivity index (χ1n) is 8.30. The molecule has 0 fully saturated rings. The lowest BCUT2D eigenvalue weighted by atomic mass is 10.0. The highest BCUT2D eigenvalue weighted by atomic mass is 35.5. The third-order valence-corrected chi connectivity index (χ3v) is 4.67. The number of alkyl halides is 3. The average Bonchev–Trinajstić information content (AvgIpc) is 2.62. The second-order valence-corrected chi connectivity index (χ2v) is 6.26. The number of pyridine rings is 1. The fourth-order valence-electron chi connectivity index (χ4n) is 2.62. The van der Waals surface area contributed by atoms with E-state index in [-0.39, 0.29) is 11.9 Å². The SMILES string of the molecule is CCC(CC)Oc1cnc(-c2ccc(C(F)(F)F)cc2OC)c(C)c1Cl. The van der Waals surface area contributed by atoms with E-state index in [1.807, 2.05) is 13.8 Å². The van der Waals surface area contributed by atoms with Gasteiger partial charge in [-0.15, -0.1) is 0 Å². The van der Waals surface area contributed by atoms with Crippen molar-refractivity contribution in [1.29, 1.82) is 0 Å². The third kappa shape index (κ3) is 4.23. The van der Waals surface area contributed by atoms with Crippen molar-refractivity contribution in [3.05, 3.63) is 40.5 Å². The molecule has 1 aromatic carbocycles. The number of benzene rings is 1. The molecule has 2 aromatic rings. The van der Waals surface area contributed by atoms with E-state index in [0.29, 0.717) is 27.6 Å². The lowest BCUT2D eigenvalue weighted by molar-refractivity contribution is -0.137. The summed E-state index contributed by atoms with van der Waals surface area (Å²) in [6.07, 6.45) is -1.25. The monoisotopic (exact) mass is 387 g/mol. The number of methoxy groups -OCH3 is 1. The van der Waals surface area contributed by atoms with Crippen LogP contribution >= 0.6 is 11.6 Å². The molecular weight excluding hydrogens is 367 g/mol. The summed E-state index contributed by atoms with van der Waals surface area (Å²) in [7, 11) is 1.32. The number of halogens is 4. The fourth-order valence-corrected chi connectivity index (χ4v) is 2.80. The summed E-state index contributed by atoms with van der Waals surface area (Å²) >= 11 is 6.42. The first kappa shape index (κ1) is 20.4. The van der Waals surface area contributed by atoms with Crippen molar-refractivity contribution in [1.82, 2.24) is 4.98 Å². The van der Waals surface area contributed by atoms with E-state index in [1.165, 1.54) is 19.4 Å². The number of hydrogen-bond donors (Lipinski definition) is 0. The first-order valence-corrected chi connectivity index (χ1v) is 8.68. The van der Waals surface area contributed by atoms with E-state index in [9.17, 15) is 13.2 Å². The Morgan fingerprint density at radius 3 is 2.35 bits per heavy atom. The van der Waals surface area contributed by atoms with E-state index in [1.54, 1.807) is 6.92 Å². The predicted molar refractivity (Wildman–Crippen MR) is 96.0 cm³/mol. The summed E-state index contributed by atoms with van der Waals surface area (Å²) < 4.78 is 49.8. The molecule has 0 saturated heterocycles. The Bertz CT molecular complexity index is 774. The van der Waals surface area contributed by atoms with Crippen molar-refractivity contribution in [2.45, 2.75) is 45.9 Å². The lowest BCUT2D eigenvalue weighted by Crippen LogP contribution is -2.14. The van der Waals surface area contributed by atoms with E-state index in [2.05, 4.69) is 4.98 Å². The zero-order chi connectivity index (χ0) is 19.5. The topological polar surface area (TPSA) is 31.4 Å². The molecule has 0 spiro atoms. The summed E-state index contributed by atoms with van der Waals surface area (Å²) in [6, 6.07) is 3.30. The van der Waals surface area contributed by atoms with Crippen LogP contribution in [0.15, 0.2) is 24.4 Å². The summed E-state index contributed by atoms with van der Waals surface area (Å²) in [4.78, 5) is 4.36. The quantitative estimate of drug-likeness (QED) is 0.582. The fraction of sp³-hybridized carbons (Fsp3) is 0.421. The van der Waals surface area contributed by atoms with E-state index in [4.69, 9.17) is 21.1 Å². The maximum atomic E-state index is 12.9. The van der Waals surface area contributed by atoms with Gasteiger partial charge in [0.05, 0.1) is 35.7 Å². The van der Waals surface area contributed by atoms with Gasteiger partial charge in [0.25, 0.3) is 0 Å². The lowest BCUT2D eigenvalue weighted by Gasteiger charge is -2.19. The highest BCUT2D eigenvalue weighted by Gasteiger charge is 2.31. The molecule has 0 N–H and O–H groups in total. The highest BCUT2D eigenvalue weighted by molar-refractivity contribution is 6.33. The van der Waals surface area contributed by atoms with Gasteiger partial charge in [-0.25, -0.2) is 0 Å². The molecule has 7 heteroatoms. The molecule has 0 unspecified atom stereocenters. The Labute approximate surface area is 156 Å². The molecule has 26 heavy (non-hydrogen) atoms. The number of aromatic nitrogens is 1. The van der Waals surface area contributed by atoms with E-state index in [0.717, 1.165) is 25.0 Å². The highest BCUT2D eigenvalue weighted by Crippen LogP contribution is 2.40. The standard InChI is InChI=1S/C19H21ClF3NO2/c1-5-13(6-2)26-16-10-24-18(11(3)17(16)20)14-8-7-12(19(21,22)23)9-15(14)25-4/h7-10,13H,5-6H2,1-4H3. The van der Waals surface area contributed by atoms with Gasteiger partial charge in [0.1, 0.15) is 5.75 Å². The predicted octanol–water partition coefficient (Wildman–Crippen LogP) is 6.31. The van der Waals surface area contributed by atoms with Gasteiger partial charge in [-0.1, -0.05) is 25.4 Å². The molecule has 1 heterocycles. The van der Waals surface area contributed by atoms with Gasteiger partial charge >= 0.3 is 6.18 Å². The molecule has 2 rings (SSSR count). The molecule has 0 aliphatic rings. The second kappa shape index (κ2) is 8.16. The third-order valence-electron chi connectivity index (χ3n) is 4.20. The average molecular weight is 388 g/mol. The summed E-state index contributed by atoms with van der Waals surface area (Å²) in [6.45, 7) is 5.79. The zero-order valence-electron chi connectivity index (χ0n) is 15.1. The van der Waals surface area contributed by atoms with Crippen LogP contribution in [0.2, 0.25) is 5.02 Å². The van der Waals surface area contributed by atoms with Crippen molar-refractivity contribution < 1.29 is 22.6 Å². The Balaban J connectivity index is 2.48. The van der Waals surface area contributed by atoms with E-state index >= 15 is 0 Å². The minimum Gasteiger partial charge on any atom is -0.496 e. The van der Waals surface area contributed by atoms with Crippen LogP contribution in [-0.2, 0) is 6.18 Å². The molecule has 3 nitrogen and oxygen atoms in total. The molecule has 0 amide bonds. The van der Waals surface area contributed by atoms with Gasteiger partial charge in [-0.3, -0.25) is 4.98 Å². The van der Waals surface area contributed by atoms with Crippen LogP contribution in [0.5, 0.6) is 11.5 Å². The Hall–Kier alpha value is -1.95. The van der Waals surface area contributed by atoms with Crippen molar-refractivity contribution in [2.75, 3.05) is 7.11 Å². The van der Waals surface area contributed by atoms with Crippen molar-refractivity contribution in [3.63, 3.8) is 0 Å². The maximum absolute atomic E-state index is 12.9. The van der Waals surface area contributed by atoms with Gasteiger partial charge in [0.2, 0.25) is 0 Å². The number of ether oxygens (including phenoxy) is 2. The summed E-state index contributed by atoms with van der Waals surface area (Å²) in [5.74, 6) is 0.549. The van der Waals surface area contributed by atoms with Gasteiger partial charge in [-0.2, -0.15) is 13.2 Å². The zero-order valence-corrected chi connectivity index (χ0v) is 15.8. The minimum atomic E-state index is -4.45. The van der Waals surface area contributed by atoms with Crippen LogP contribution in [0.3, 0.4) is 0 Å². The van der Waals surface area contributed by atoms with Gasteiger partial charge in [-0.05, 0) is 43.5 Å². The van der Waals surface area contributed by atoms with Crippen LogP contribution in [-0.4, -0.2) is 18.2 Å². The Morgan fingerprint density at radius 1 is 1.15 bits per heavy atom. The molecule has 0 aliphatic carbocycles. The van der Waals surface area contributed by atoms with Crippen LogP contribution in [0, 0.1) is 6.92 Å². The molecular formula is C19H21ClF3NO2. The number of hydrogen-bond acceptors (Lipinski definition) is 3. The largest absolute Gasteiger partial charge is 0.496 e. The summed E-state index contributed by atoms with van der Waals surface area (Å²) in [5, 5.41) is 0.392. The normalized spacial score (nSPS) is 11.7. The van der Waals surface area contributed by atoms with Gasteiger partial charge in [0, 0.05) is 5.56 Å². The molecule has 142 valence electrons. The molecule has 1 aromatic heterocycles.